The maximum Gasteiger partial charge on any atom is 0.236 e. The number of amides is 1. The summed E-state index contributed by atoms with van der Waals surface area (Å²) in [5, 5.41) is 12.6. The maximum atomic E-state index is 11.8. The van der Waals surface area contributed by atoms with Gasteiger partial charge in [-0.15, -0.1) is 0 Å². The normalized spacial score (nSPS) is 24.3. The SMILES string of the molecule is CC(C)N(C)C(=O)CNCC1CCCCC1CO. The fourth-order valence-electron chi connectivity index (χ4n) is 2.57. The van der Waals surface area contributed by atoms with E-state index in [0.29, 0.717) is 18.4 Å². The van der Waals surface area contributed by atoms with Gasteiger partial charge in [-0.1, -0.05) is 12.8 Å². The Morgan fingerprint density at radius 3 is 2.50 bits per heavy atom. The monoisotopic (exact) mass is 256 g/mol. The van der Waals surface area contributed by atoms with Crippen molar-refractivity contribution in [3.05, 3.63) is 0 Å². The topological polar surface area (TPSA) is 52.6 Å². The molecule has 0 bridgehead atoms. The lowest BCUT2D eigenvalue weighted by atomic mass is 9.79. The van der Waals surface area contributed by atoms with Crippen molar-refractivity contribution in [2.45, 2.75) is 45.6 Å². The largest absolute Gasteiger partial charge is 0.396 e. The van der Waals surface area contributed by atoms with E-state index in [9.17, 15) is 9.90 Å². The molecule has 18 heavy (non-hydrogen) atoms. The Kier molecular flexibility index (Phi) is 6.65. The lowest BCUT2D eigenvalue weighted by Crippen LogP contribution is -2.41. The van der Waals surface area contributed by atoms with Crippen molar-refractivity contribution in [1.82, 2.24) is 10.2 Å². The van der Waals surface area contributed by atoms with Crippen molar-refractivity contribution in [3.63, 3.8) is 0 Å². The highest BCUT2D eigenvalue weighted by Crippen LogP contribution is 2.28. The third kappa shape index (κ3) is 4.58. The molecule has 1 fully saturated rings. The molecule has 1 aliphatic rings. The van der Waals surface area contributed by atoms with Gasteiger partial charge in [0.2, 0.25) is 5.91 Å². The van der Waals surface area contributed by atoms with Crippen LogP contribution in [-0.2, 0) is 4.79 Å². The van der Waals surface area contributed by atoms with Crippen molar-refractivity contribution < 1.29 is 9.90 Å². The number of carbonyl (C=O) groups excluding carboxylic acids is 1. The Bertz CT molecular complexity index is 256. The van der Waals surface area contributed by atoms with Crippen molar-refractivity contribution >= 4 is 5.91 Å². The summed E-state index contributed by atoms with van der Waals surface area (Å²) in [6, 6.07) is 0.249. The zero-order valence-corrected chi connectivity index (χ0v) is 12.0. The van der Waals surface area contributed by atoms with E-state index in [-0.39, 0.29) is 18.6 Å². The summed E-state index contributed by atoms with van der Waals surface area (Å²) < 4.78 is 0. The third-order valence-corrected chi connectivity index (χ3v) is 4.15. The molecule has 1 amide bonds. The number of hydrogen-bond acceptors (Lipinski definition) is 3. The van der Waals surface area contributed by atoms with Gasteiger partial charge < -0.3 is 15.3 Å². The Labute approximate surface area is 111 Å². The van der Waals surface area contributed by atoms with Crippen molar-refractivity contribution in [1.29, 1.82) is 0 Å². The molecule has 0 spiro atoms. The van der Waals surface area contributed by atoms with Crippen molar-refractivity contribution in [3.8, 4) is 0 Å². The van der Waals surface area contributed by atoms with E-state index in [1.807, 2.05) is 20.9 Å². The Hall–Kier alpha value is -0.610. The van der Waals surface area contributed by atoms with Gasteiger partial charge in [-0.25, -0.2) is 0 Å². The van der Waals surface area contributed by atoms with E-state index >= 15 is 0 Å². The second-order valence-electron chi connectivity index (χ2n) is 5.72. The second-order valence-corrected chi connectivity index (χ2v) is 5.72. The Balaban J connectivity index is 2.26. The van der Waals surface area contributed by atoms with Crippen LogP contribution in [-0.4, -0.2) is 48.7 Å². The molecule has 2 unspecified atom stereocenters. The molecule has 0 aromatic rings. The molecule has 0 saturated heterocycles. The average Bonchev–Trinajstić information content (AvgIpc) is 2.38. The van der Waals surface area contributed by atoms with Crippen LogP contribution < -0.4 is 5.32 Å². The van der Waals surface area contributed by atoms with Crippen molar-refractivity contribution in [2.24, 2.45) is 11.8 Å². The summed E-state index contributed by atoms with van der Waals surface area (Å²) in [5.41, 5.74) is 0. The maximum absolute atomic E-state index is 11.8. The molecule has 2 atom stereocenters. The van der Waals surface area contributed by atoms with Crippen LogP contribution in [0, 0.1) is 11.8 Å². The minimum Gasteiger partial charge on any atom is -0.396 e. The number of carbonyl (C=O) groups is 1. The molecule has 1 rings (SSSR count). The standard InChI is InChI=1S/C14H28N2O2/c1-11(2)16(3)14(18)9-15-8-12-6-4-5-7-13(12)10-17/h11-13,15,17H,4-10H2,1-3H3. The van der Waals surface area contributed by atoms with E-state index in [1.165, 1.54) is 19.3 Å². The highest BCUT2D eigenvalue weighted by Gasteiger charge is 2.24. The zero-order valence-electron chi connectivity index (χ0n) is 12.0. The fraction of sp³-hybridized carbons (Fsp3) is 0.929. The zero-order chi connectivity index (χ0) is 13.5. The van der Waals surface area contributed by atoms with E-state index in [1.54, 1.807) is 4.90 Å². The van der Waals surface area contributed by atoms with Crippen LogP contribution in [0.15, 0.2) is 0 Å². The first-order valence-corrected chi connectivity index (χ1v) is 7.13. The number of nitrogens with one attached hydrogen (secondary N) is 1. The molecule has 1 saturated carbocycles. The Morgan fingerprint density at radius 1 is 1.33 bits per heavy atom. The summed E-state index contributed by atoms with van der Waals surface area (Å²) in [6.45, 7) is 5.57. The molecule has 0 aliphatic heterocycles. The Morgan fingerprint density at radius 2 is 1.94 bits per heavy atom. The van der Waals surface area contributed by atoms with Gasteiger partial charge in [0.1, 0.15) is 0 Å². The third-order valence-electron chi connectivity index (χ3n) is 4.15. The molecule has 106 valence electrons. The molecule has 0 aromatic heterocycles. The highest BCUT2D eigenvalue weighted by molar-refractivity contribution is 5.78. The van der Waals surface area contributed by atoms with Crippen LogP contribution in [0.3, 0.4) is 0 Å². The quantitative estimate of drug-likeness (QED) is 0.752. The average molecular weight is 256 g/mol. The van der Waals surface area contributed by atoms with Crippen LogP contribution in [0.25, 0.3) is 0 Å². The predicted molar refractivity (Wildman–Crippen MR) is 73.3 cm³/mol. The fourth-order valence-corrected chi connectivity index (χ4v) is 2.57. The minimum absolute atomic E-state index is 0.140. The first-order chi connectivity index (χ1) is 8.56. The molecule has 1 aliphatic carbocycles. The number of aliphatic hydroxyl groups excluding tert-OH is 1. The van der Waals surface area contributed by atoms with Gasteiger partial charge in [-0.05, 0) is 45.1 Å². The first-order valence-electron chi connectivity index (χ1n) is 7.13. The molecule has 4 nitrogen and oxygen atoms in total. The number of aliphatic hydroxyl groups is 1. The summed E-state index contributed by atoms with van der Waals surface area (Å²) in [4.78, 5) is 13.6. The summed E-state index contributed by atoms with van der Waals surface area (Å²) in [6.07, 6.45) is 4.79. The highest BCUT2D eigenvalue weighted by atomic mass is 16.3. The van der Waals surface area contributed by atoms with Crippen LogP contribution >= 0.6 is 0 Å². The second kappa shape index (κ2) is 7.74. The van der Waals surface area contributed by atoms with Gasteiger partial charge in [0, 0.05) is 19.7 Å². The van der Waals surface area contributed by atoms with Gasteiger partial charge in [0.25, 0.3) is 0 Å². The van der Waals surface area contributed by atoms with E-state index in [4.69, 9.17) is 0 Å². The smallest absolute Gasteiger partial charge is 0.236 e. The number of nitrogens with zero attached hydrogens (tertiary/aromatic N) is 1. The lowest BCUT2D eigenvalue weighted by Gasteiger charge is -2.30. The molecule has 0 heterocycles. The van der Waals surface area contributed by atoms with Gasteiger partial charge in [0.05, 0.1) is 6.54 Å². The molecular formula is C14H28N2O2. The molecule has 4 heteroatoms. The van der Waals surface area contributed by atoms with E-state index < -0.39 is 0 Å². The molecule has 2 N–H and O–H groups in total. The van der Waals surface area contributed by atoms with Crippen LogP contribution in [0.1, 0.15) is 39.5 Å². The molecule has 0 aromatic carbocycles. The summed E-state index contributed by atoms with van der Waals surface area (Å²) in [5.74, 6) is 1.09. The summed E-state index contributed by atoms with van der Waals surface area (Å²) in [7, 11) is 1.84. The predicted octanol–water partition coefficient (Wildman–Crippen LogP) is 1.24. The van der Waals surface area contributed by atoms with Crippen LogP contribution in [0.5, 0.6) is 0 Å². The van der Waals surface area contributed by atoms with Gasteiger partial charge in [0.15, 0.2) is 0 Å². The number of rotatable bonds is 6. The van der Waals surface area contributed by atoms with Crippen LogP contribution in [0.2, 0.25) is 0 Å². The van der Waals surface area contributed by atoms with Gasteiger partial charge >= 0.3 is 0 Å². The first kappa shape index (κ1) is 15.4. The van der Waals surface area contributed by atoms with E-state index in [2.05, 4.69) is 5.32 Å². The van der Waals surface area contributed by atoms with Crippen LogP contribution in [0.4, 0.5) is 0 Å². The van der Waals surface area contributed by atoms with Gasteiger partial charge in [-0.3, -0.25) is 4.79 Å². The van der Waals surface area contributed by atoms with Gasteiger partial charge in [-0.2, -0.15) is 0 Å². The minimum atomic E-state index is 0.140. The molecule has 0 radical (unpaired) electrons. The summed E-state index contributed by atoms with van der Waals surface area (Å²) >= 11 is 0. The lowest BCUT2D eigenvalue weighted by molar-refractivity contribution is -0.130. The van der Waals surface area contributed by atoms with E-state index in [0.717, 1.165) is 13.0 Å². The molecular weight excluding hydrogens is 228 g/mol. The van der Waals surface area contributed by atoms with Crippen molar-refractivity contribution in [2.75, 3.05) is 26.7 Å². The number of likely N-dealkylation sites (N-methyl/N-ethyl adjacent to an activating group) is 1. The number of hydrogen-bond donors (Lipinski definition) is 2.